The molecular formula is C13H18N2O3. The van der Waals surface area contributed by atoms with Crippen LogP contribution in [0.4, 0.5) is 0 Å². The van der Waals surface area contributed by atoms with Gasteiger partial charge in [0.15, 0.2) is 0 Å². The number of hydrogen-bond acceptors (Lipinski definition) is 5. The highest BCUT2D eigenvalue weighted by Crippen LogP contribution is 2.41. The zero-order valence-corrected chi connectivity index (χ0v) is 10.9. The topological polar surface area (TPSA) is 66.1 Å². The van der Waals surface area contributed by atoms with Crippen LogP contribution in [-0.4, -0.2) is 26.7 Å². The van der Waals surface area contributed by atoms with Crippen LogP contribution in [0.1, 0.15) is 24.5 Å². The fourth-order valence-electron chi connectivity index (χ4n) is 2.06. The molecule has 0 radical (unpaired) electrons. The Morgan fingerprint density at radius 3 is 2.61 bits per heavy atom. The standard InChI is InChI=1S/C13H18N2O3/c1-4-8-18-10-7-5-6-9-11(10)13(16-2,17-3)15-12(9)14/h5-7H,4,8H2,1-3H3,(H2,14,15). The summed E-state index contributed by atoms with van der Waals surface area (Å²) in [7, 11) is 3.07. The summed E-state index contributed by atoms with van der Waals surface area (Å²) >= 11 is 0. The lowest BCUT2D eigenvalue weighted by Crippen LogP contribution is -2.27. The molecule has 2 rings (SSSR count). The van der Waals surface area contributed by atoms with E-state index in [1.807, 2.05) is 25.1 Å². The molecule has 2 N–H and O–H groups in total. The molecule has 1 aromatic carbocycles. The Hall–Kier alpha value is -1.59. The molecule has 0 aromatic heterocycles. The third kappa shape index (κ3) is 1.85. The van der Waals surface area contributed by atoms with Crippen molar-refractivity contribution in [1.82, 2.24) is 0 Å². The fraction of sp³-hybridized carbons (Fsp3) is 0.462. The van der Waals surface area contributed by atoms with Crippen LogP contribution in [-0.2, 0) is 15.4 Å². The maximum atomic E-state index is 5.91. The molecule has 1 aliphatic rings. The number of aliphatic imine (C=N–C) groups is 1. The molecule has 0 spiro atoms. The lowest BCUT2D eigenvalue weighted by atomic mass is 10.1. The minimum atomic E-state index is -1.19. The summed E-state index contributed by atoms with van der Waals surface area (Å²) < 4.78 is 16.5. The number of benzene rings is 1. The Balaban J connectivity index is 2.51. The molecule has 1 aromatic rings. The second kappa shape index (κ2) is 4.96. The lowest BCUT2D eigenvalue weighted by Gasteiger charge is -2.25. The van der Waals surface area contributed by atoms with Crippen LogP contribution >= 0.6 is 0 Å². The first kappa shape index (κ1) is 12.9. The van der Waals surface area contributed by atoms with Crippen molar-refractivity contribution in [2.24, 2.45) is 10.7 Å². The van der Waals surface area contributed by atoms with Crippen LogP contribution in [0.5, 0.6) is 5.75 Å². The van der Waals surface area contributed by atoms with Crippen molar-refractivity contribution in [2.45, 2.75) is 19.3 Å². The Bertz CT molecular complexity index is 467. The third-order valence-electron chi connectivity index (χ3n) is 2.90. The predicted molar refractivity (Wildman–Crippen MR) is 68.6 cm³/mol. The third-order valence-corrected chi connectivity index (χ3v) is 2.90. The molecule has 0 fully saturated rings. The summed E-state index contributed by atoms with van der Waals surface area (Å²) in [5.41, 5.74) is 7.44. The number of nitrogens with two attached hydrogens (primary N) is 1. The molecule has 0 unspecified atom stereocenters. The largest absolute Gasteiger partial charge is 0.493 e. The van der Waals surface area contributed by atoms with Gasteiger partial charge >= 0.3 is 5.91 Å². The zero-order chi connectivity index (χ0) is 13.2. The van der Waals surface area contributed by atoms with Gasteiger partial charge in [0, 0.05) is 19.8 Å². The summed E-state index contributed by atoms with van der Waals surface area (Å²) in [5.74, 6) is -0.0954. The van der Waals surface area contributed by atoms with Gasteiger partial charge in [0.1, 0.15) is 11.6 Å². The molecule has 98 valence electrons. The van der Waals surface area contributed by atoms with Crippen molar-refractivity contribution in [3.05, 3.63) is 29.3 Å². The second-order valence-electron chi connectivity index (χ2n) is 4.01. The zero-order valence-electron chi connectivity index (χ0n) is 10.9. The summed E-state index contributed by atoms with van der Waals surface area (Å²) in [6.07, 6.45) is 0.924. The van der Waals surface area contributed by atoms with Crippen LogP contribution in [0.25, 0.3) is 0 Å². The van der Waals surface area contributed by atoms with E-state index in [2.05, 4.69) is 4.99 Å². The van der Waals surface area contributed by atoms with Crippen LogP contribution in [0.2, 0.25) is 0 Å². The number of amidine groups is 1. The van der Waals surface area contributed by atoms with E-state index >= 15 is 0 Å². The highest BCUT2D eigenvalue weighted by atomic mass is 16.7. The van der Waals surface area contributed by atoms with Crippen molar-refractivity contribution in [3.8, 4) is 5.75 Å². The van der Waals surface area contributed by atoms with Gasteiger partial charge in [-0.25, -0.2) is 4.99 Å². The first-order chi connectivity index (χ1) is 8.68. The average molecular weight is 250 g/mol. The van der Waals surface area contributed by atoms with Crippen molar-refractivity contribution < 1.29 is 14.2 Å². The lowest BCUT2D eigenvalue weighted by molar-refractivity contribution is -0.207. The van der Waals surface area contributed by atoms with Gasteiger partial charge < -0.3 is 19.9 Å². The Morgan fingerprint density at radius 1 is 1.28 bits per heavy atom. The van der Waals surface area contributed by atoms with Crippen LogP contribution < -0.4 is 10.5 Å². The SMILES string of the molecule is CCCOc1cccc2c1C(OC)(OC)N=C2N. The van der Waals surface area contributed by atoms with Gasteiger partial charge in [-0.1, -0.05) is 19.1 Å². The average Bonchev–Trinajstić information content (AvgIpc) is 2.71. The van der Waals surface area contributed by atoms with Gasteiger partial charge in [-0.05, 0) is 12.5 Å². The van der Waals surface area contributed by atoms with Gasteiger partial charge in [0.25, 0.3) is 0 Å². The number of rotatable bonds is 5. The number of nitrogens with zero attached hydrogens (tertiary/aromatic N) is 1. The summed E-state index contributed by atoms with van der Waals surface area (Å²) in [5, 5.41) is 0. The molecule has 5 nitrogen and oxygen atoms in total. The molecule has 0 saturated heterocycles. The monoisotopic (exact) mass is 250 g/mol. The summed E-state index contributed by atoms with van der Waals surface area (Å²) in [4.78, 5) is 4.26. The van der Waals surface area contributed by atoms with Crippen molar-refractivity contribution in [3.63, 3.8) is 0 Å². The minimum absolute atomic E-state index is 0.399. The van der Waals surface area contributed by atoms with E-state index < -0.39 is 5.91 Å². The normalized spacial score (nSPS) is 16.3. The molecule has 18 heavy (non-hydrogen) atoms. The van der Waals surface area contributed by atoms with Crippen molar-refractivity contribution in [1.29, 1.82) is 0 Å². The highest BCUT2D eigenvalue weighted by molar-refractivity contribution is 6.02. The number of methoxy groups -OCH3 is 2. The smallest absolute Gasteiger partial charge is 0.303 e. The Labute approximate surface area is 107 Å². The van der Waals surface area contributed by atoms with E-state index in [0.29, 0.717) is 18.2 Å². The van der Waals surface area contributed by atoms with Crippen LogP contribution in [0.3, 0.4) is 0 Å². The molecule has 0 saturated carbocycles. The van der Waals surface area contributed by atoms with Crippen molar-refractivity contribution >= 4 is 5.84 Å². The number of ether oxygens (including phenoxy) is 3. The summed E-state index contributed by atoms with van der Waals surface area (Å²) in [6, 6.07) is 5.63. The first-order valence-electron chi connectivity index (χ1n) is 5.90. The van der Waals surface area contributed by atoms with E-state index in [0.717, 1.165) is 17.5 Å². The molecule has 1 aliphatic heterocycles. The number of fused-ring (bicyclic) bond motifs is 1. The molecular weight excluding hydrogens is 232 g/mol. The van der Waals surface area contributed by atoms with E-state index in [4.69, 9.17) is 19.9 Å². The van der Waals surface area contributed by atoms with E-state index in [-0.39, 0.29) is 0 Å². The van der Waals surface area contributed by atoms with Gasteiger partial charge in [0.05, 0.1) is 12.2 Å². The quantitative estimate of drug-likeness (QED) is 0.806. The van der Waals surface area contributed by atoms with Crippen LogP contribution in [0, 0.1) is 0 Å². The van der Waals surface area contributed by atoms with E-state index in [1.165, 1.54) is 14.2 Å². The molecule has 0 bridgehead atoms. The highest BCUT2D eigenvalue weighted by Gasteiger charge is 2.43. The Kier molecular flexibility index (Phi) is 3.54. The molecule has 1 heterocycles. The van der Waals surface area contributed by atoms with Gasteiger partial charge in [0.2, 0.25) is 0 Å². The molecule has 5 heteroatoms. The second-order valence-corrected chi connectivity index (χ2v) is 4.01. The number of hydrogen-bond donors (Lipinski definition) is 1. The maximum Gasteiger partial charge on any atom is 0.303 e. The summed E-state index contributed by atoms with van der Waals surface area (Å²) in [6.45, 7) is 2.67. The molecule has 0 amide bonds. The van der Waals surface area contributed by atoms with Crippen LogP contribution in [0.15, 0.2) is 23.2 Å². The van der Waals surface area contributed by atoms with E-state index in [1.54, 1.807) is 0 Å². The Morgan fingerprint density at radius 2 is 2.00 bits per heavy atom. The van der Waals surface area contributed by atoms with Gasteiger partial charge in [-0.15, -0.1) is 0 Å². The molecule has 0 atom stereocenters. The first-order valence-corrected chi connectivity index (χ1v) is 5.90. The van der Waals surface area contributed by atoms with Gasteiger partial charge in [-0.2, -0.15) is 0 Å². The van der Waals surface area contributed by atoms with Gasteiger partial charge in [-0.3, -0.25) is 0 Å². The maximum absolute atomic E-state index is 5.91. The predicted octanol–water partition coefficient (Wildman–Crippen LogP) is 1.60. The molecule has 0 aliphatic carbocycles. The van der Waals surface area contributed by atoms with Crippen molar-refractivity contribution in [2.75, 3.05) is 20.8 Å². The fourth-order valence-corrected chi connectivity index (χ4v) is 2.06. The van der Waals surface area contributed by atoms with E-state index in [9.17, 15) is 0 Å². The minimum Gasteiger partial charge on any atom is -0.493 e.